The third-order valence-electron chi connectivity index (χ3n) is 3.08. The average molecular weight is 265 g/mol. The van der Waals surface area contributed by atoms with Crippen molar-refractivity contribution in [2.75, 3.05) is 46.1 Å². The van der Waals surface area contributed by atoms with Crippen LogP contribution in [0.1, 0.15) is 13.3 Å². The lowest BCUT2D eigenvalue weighted by Gasteiger charge is -2.26. The Morgan fingerprint density at radius 3 is 2.32 bits per heavy atom. The number of morpholine rings is 1. The first-order valence-corrected chi connectivity index (χ1v) is 7.05. The van der Waals surface area contributed by atoms with Gasteiger partial charge in [0.05, 0.1) is 19.8 Å². The topological polar surface area (TPSA) is 30.9 Å². The Balaban J connectivity index is 1.77. The average Bonchev–Trinajstić information content (AvgIpc) is 2.47. The molecule has 4 heteroatoms. The summed E-state index contributed by atoms with van der Waals surface area (Å²) in [5.41, 5.74) is 0. The van der Waals surface area contributed by atoms with E-state index in [1.807, 2.05) is 24.3 Å². The highest BCUT2D eigenvalue weighted by Crippen LogP contribution is 2.26. The summed E-state index contributed by atoms with van der Waals surface area (Å²) in [6.45, 7) is 8.10. The number of ether oxygens (including phenoxy) is 3. The van der Waals surface area contributed by atoms with Crippen LogP contribution in [0.15, 0.2) is 24.3 Å². The molecule has 0 saturated carbocycles. The smallest absolute Gasteiger partial charge is 0.161 e. The van der Waals surface area contributed by atoms with Gasteiger partial charge in [-0.25, -0.2) is 0 Å². The summed E-state index contributed by atoms with van der Waals surface area (Å²) in [6.07, 6.45) is 1.00. The Hall–Kier alpha value is -1.26. The summed E-state index contributed by atoms with van der Waals surface area (Å²) in [6, 6.07) is 7.87. The molecule has 1 saturated heterocycles. The minimum atomic E-state index is 0.687. The summed E-state index contributed by atoms with van der Waals surface area (Å²) in [4.78, 5) is 2.36. The minimum absolute atomic E-state index is 0.687. The van der Waals surface area contributed by atoms with Crippen molar-refractivity contribution in [3.8, 4) is 11.5 Å². The first-order valence-electron chi connectivity index (χ1n) is 7.05. The van der Waals surface area contributed by atoms with Crippen LogP contribution in [0, 0.1) is 0 Å². The molecule has 1 aliphatic heterocycles. The van der Waals surface area contributed by atoms with Crippen molar-refractivity contribution in [1.29, 1.82) is 0 Å². The van der Waals surface area contributed by atoms with Crippen LogP contribution in [0.25, 0.3) is 0 Å². The zero-order chi connectivity index (χ0) is 13.3. The fourth-order valence-corrected chi connectivity index (χ4v) is 2.01. The van der Waals surface area contributed by atoms with Gasteiger partial charge in [0.2, 0.25) is 0 Å². The largest absolute Gasteiger partial charge is 0.490 e. The predicted molar refractivity (Wildman–Crippen MR) is 75.0 cm³/mol. The summed E-state index contributed by atoms with van der Waals surface area (Å²) in [5, 5.41) is 0. The van der Waals surface area contributed by atoms with Crippen molar-refractivity contribution in [2.24, 2.45) is 0 Å². The summed E-state index contributed by atoms with van der Waals surface area (Å²) in [7, 11) is 0. The molecule has 0 atom stereocenters. The van der Waals surface area contributed by atoms with Gasteiger partial charge in [0.15, 0.2) is 11.5 Å². The maximum Gasteiger partial charge on any atom is 0.161 e. The van der Waals surface area contributed by atoms with Gasteiger partial charge in [-0.05, 0) is 18.6 Å². The molecule has 0 bridgehead atoms. The monoisotopic (exact) mass is 265 g/mol. The van der Waals surface area contributed by atoms with E-state index in [4.69, 9.17) is 14.2 Å². The summed E-state index contributed by atoms with van der Waals surface area (Å²) >= 11 is 0. The number of hydrogen-bond donors (Lipinski definition) is 0. The van der Waals surface area contributed by atoms with E-state index >= 15 is 0 Å². The van der Waals surface area contributed by atoms with Crippen LogP contribution in [0.5, 0.6) is 11.5 Å². The highest BCUT2D eigenvalue weighted by Gasteiger charge is 2.10. The van der Waals surface area contributed by atoms with Crippen molar-refractivity contribution in [3.63, 3.8) is 0 Å². The molecule has 19 heavy (non-hydrogen) atoms. The van der Waals surface area contributed by atoms with Crippen LogP contribution in [0.3, 0.4) is 0 Å². The Morgan fingerprint density at radius 2 is 1.68 bits per heavy atom. The first kappa shape index (κ1) is 14.2. The zero-order valence-electron chi connectivity index (χ0n) is 11.6. The minimum Gasteiger partial charge on any atom is -0.490 e. The van der Waals surface area contributed by atoms with Gasteiger partial charge in [0.1, 0.15) is 6.61 Å². The van der Waals surface area contributed by atoms with Crippen molar-refractivity contribution in [3.05, 3.63) is 24.3 Å². The lowest BCUT2D eigenvalue weighted by Crippen LogP contribution is -2.38. The van der Waals surface area contributed by atoms with Crippen LogP contribution in [-0.2, 0) is 4.74 Å². The Labute approximate surface area is 115 Å². The maximum atomic E-state index is 5.83. The van der Waals surface area contributed by atoms with E-state index in [9.17, 15) is 0 Å². The second kappa shape index (κ2) is 8.02. The molecule has 0 aliphatic carbocycles. The third kappa shape index (κ3) is 4.73. The molecule has 1 fully saturated rings. The maximum absolute atomic E-state index is 5.83. The highest BCUT2D eigenvalue weighted by atomic mass is 16.5. The fraction of sp³-hybridized carbons (Fsp3) is 0.600. The van der Waals surface area contributed by atoms with E-state index in [1.165, 1.54) is 0 Å². The van der Waals surface area contributed by atoms with E-state index in [0.717, 1.165) is 57.4 Å². The number of rotatable bonds is 7. The Bertz CT molecular complexity index is 364. The van der Waals surface area contributed by atoms with Crippen molar-refractivity contribution in [2.45, 2.75) is 13.3 Å². The lowest BCUT2D eigenvalue weighted by atomic mass is 10.3. The molecule has 0 aromatic heterocycles. The predicted octanol–water partition coefficient (Wildman–Crippen LogP) is 2.19. The molecule has 0 N–H and O–H groups in total. The number of benzene rings is 1. The molecule has 1 aromatic rings. The van der Waals surface area contributed by atoms with E-state index < -0.39 is 0 Å². The first-order chi connectivity index (χ1) is 9.40. The number of hydrogen-bond acceptors (Lipinski definition) is 4. The Morgan fingerprint density at radius 1 is 1.05 bits per heavy atom. The number of para-hydroxylation sites is 2. The zero-order valence-corrected chi connectivity index (χ0v) is 11.6. The van der Waals surface area contributed by atoms with Gasteiger partial charge in [-0.3, -0.25) is 4.90 Å². The van der Waals surface area contributed by atoms with Crippen molar-refractivity contribution >= 4 is 0 Å². The van der Waals surface area contributed by atoms with Gasteiger partial charge in [0.25, 0.3) is 0 Å². The number of nitrogens with zero attached hydrogens (tertiary/aromatic N) is 1. The van der Waals surface area contributed by atoms with Crippen LogP contribution in [0.4, 0.5) is 0 Å². The van der Waals surface area contributed by atoms with Crippen LogP contribution in [-0.4, -0.2) is 51.0 Å². The van der Waals surface area contributed by atoms with Gasteiger partial charge in [-0.15, -0.1) is 0 Å². The van der Waals surface area contributed by atoms with Gasteiger partial charge in [-0.1, -0.05) is 19.1 Å². The molecule has 106 valence electrons. The van der Waals surface area contributed by atoms with Crippen molar-refractivity contribution in [1.82, 2.24) is 4.90 Å². The summed E-state index contributed by atoms with van der Waals surface area (Å²) in [5.74, 6) is 1.68. The van der Waals surface area contributed by atoms with E-state index in [0.29, 0.717) is 6.61 Å². The van der Waals surface area contributed by atoms with E-state index in [1.54, 1.807) is 0 Å². The fourth-order valence-electron chi connectivity index (χ4n) is 2.01. The molecular weight excluding hydrogens is 242 g/mol. The van der Waals surface area contributed by atoms with Gasteiger partial charge in [0, 0.05) is 19.6 Å². The SMILES string of the molecule is CCCOc1ccccc1OCCN1CCOCC1. The molecule has 1 aromatic carbocycles. The Kier molecular flexibility index (Phi) is 5.98. The van der Waals surface area contributed by atoms with Crippen molar-refractivity contribution < 1.29 is 14.2 Å². The molecule has 0 spiro atoms. The molecule has 0 radical (unpaired) electrons. The molecule has 0 amide bonds. The molecule has 1 aliphatic rings. The van der Waals surface area contributed by atoms with Gasteiger partial charge < -0.3 is 14.2 Å². The van der Waals surface area contributed by atoms with Gasteiger partial charge >= 0.3 is 0 Å². The molecule has 4 nitrogen and oxygen atoms in total. The normalized spacial score (nSPS) is 16.3. The molecule has 1 heterocycles. The lowest BCUT2D eigenvalue weighted by molar-refractivity contribution is 0.0320. The molecular formula is C15H23NO3. The second-order valence-electron chi connectivity index (χ2n) is 4.60. The summed E-state index contributed by atoms with van der Waals surface area (Å²) < 4.78 is 16.8. The quantitative estimate of drug-likeness (QED) is 0.756. The van der Waals surface area contributed by atoms with E-state index in [-0.39, 0.29) is 0 Å². The molecule has 0 unspecified atom stereocenters. The second-order valence-corrected chi connectivity index (χ2v) is 4.60. The van der Waals surface area contributed by atoms with Gasteiger partial charge in [-0.2, -0.15) is 0 Å². The standard InChI is InChI=1S/C15H23NO3/c1-2-10-18-14-5-3-4-6-15(14)19-13-9-16-7-11-17-12-8-16/h3-6H,2,7-13H2,1H3. The highest BCUT2D eigenvalue weighted by molar-refractivity contribution is 5.39. The van der Waals surface area contributed by atoms with E-state index in [2.05, 4.69) is 11.8 Å². The van der Waals surface area contributed by atoms with Crippen LogP contribution < -0.4 is 9.47 Å². The van der Waals surface area contributed by atoms with Crippen LogP contribution in [0.2, 0.25) is 0 Å². The molecule has 2 rings (SSSR count). The van der Waals surface area contributed by atoms with Crippen LogP contribution >= 0.6 is 0 Å². The third-order valence-corrected chi connectivity index (χ3v) is 3.08.